The molecule has 4 heteroatoms. The van der Waals surface area contributed by atoms with Gasteiger partial charge in [0, 0.05) is 16.8 Å². The highest BCUT2D eigenvalue weighted by molar-refractivity contribution is 6.04. The molecule has 0 saturated carbocycles. The fourth-order valence-corrected chi connectivity index (χ4v) is 3.25. The topological polar surface area (TPSA) is 55.1 Å². The minimum absolute atomic E-state index is 0.141. The molecule has 0 aliphatic heterocycles. The Bertz CT molecular complexity index is 1160. The second kappa shape index (κ2) is 7.92. The van der Waals surface area contributed by atoms with E-state index >= 15 is 0 Å². The molecule has 4 rings (SSSR count). The van der Waals surface area contributed by atoms with Gasteiger partial charge >= 0.3 is 0 Å². The summed E-state index contributed by atoms with van der Waals surface area (Å²) < 4.78 is 5.96. The Morgan fingerprint density at radius 1 is 1.07 bits per heavy atom. The van der Waals surface area contributed by atoms with E-state index in [2.05, 4.69) is 36.3 Å². The van der Waals surface area contributed by atoms with Crippen LogP contribution in [0.2, 0.25) is 0 Å². The number of hydrogen-bond donors (Lipinski definition) is 1. The average Bonchev–Trinajstić information content (AvgIpc) is 3.17. The second-order valence-corrected chi connectivity index (χ2v) is 7.46. The lowest BCUT2D eigenvalue weighted by Gasteiger charge is -2.07. The molecule has 0 fully saturated rings. The molecule has 1 amide bonds. The summed E-state index contributed by atoms with van der Waals surface area (Å²) >= 11 is 0. The number of hydrogen-bond acceptors (Lipinski definition) is 3. The predicted octanol–water partition coefficient (Wildman–Crippen LogP) is 6.57. The van der Waals surface area contributed by atoms with Crippen LogP contribution < -0.4 is 5.32 Å². The molecule has 1 aromatic heterocycles. The Morgan fingerprint density at radius 3 is 2.62 bits per heavy atom. The van der Waals surface area contributed by atoms with Crippen LogP contribution in [0.15, 0.2) is 71.1 Å². The number of aryl methyl sites for hydroxylation is 1. The smallest absolute Gasteiger partial charge is 0.255 e. The van der Waals surface area contributed by atoms with Gasteiger partial charge in [0.05, 0.1) is 0 Å². The molecule has 1 atom stereocenters. The number of nitrogens with zero attached hydrogens (tertiary/aromatic N) is 1. The summed E-state index contributed by atoms with van der Waals surface area (Å²) in [5, 5.41) is 2.94. The van der Waals surface area contributed by atoms with Gasteiger partial charge in [-0.2, -0.15) is 0 Å². The van der Waals surface area contributed by atoms with Crippen LogP contribution in [-0.4, -0.2) is 10.9 Å². The first-order valence-corrected chi connectivity index (χ1v) is 9.92. The summed E-state index contributed by atoms with van der Waals surface area (Å²) in [5.74, 6) is 0.894. The molecule has 4 aromatic rings. The molecule has 4 nitrogen and oxygen atoms in total. The van der Waals surface area contributed by atoms with Gasteiger partial charge in [0.2, 0.25) is 5.89 Å². The maximum atomic E-state index is 12.5. The fraction of sp³-hybridized carbons (Fsp3) is 0.200. The number of anilines is 1. The van der Waals surface area contributed by atoms with Crippen molar-refractivity contribution in [2.24, 2.45) is 0 Å². The van der Waals surface area contributed by atoms with Crippen LogP contribution in [0.25, 0.3) is 22.6 Å². The number of amides is 1. The third-order valence-electron chi connectivity index (χ3n) is 5.27. The summed E-state index contributed by atoms with van der Waals surface area (Å²) in [6.07, 6.45) is 1.08. The monoisotopic (exact) mass is 384 g/mol. The number of carbonyl (C=O) groups is 1. The van der Waals surface area contributed by atoms with Crippen molar-refractivity contribution in [3.8, 4) is 11.5 Å². The number of nitrogens with one attached hydrogen (secondary N) is 1. The van der Waals surface area contributed by atoms with E-state index in [1.807, 2.05) is 61.5 Å². The fourth-order valence-electron chi connectivity index (χ4n) is 3.25. The average molecular weight is 384 g/mol. The molecular weight excluding hydrogens is 360 g/mol. The highest BCUT2D eigenvalue weighted by Crippen LogP contribution is 2.29. The molecule has 0 aliphatic carbocycles. The van der Waals surface area contributed by atoms with E-state index in [1.165, 1.54) is 5.56 Å². The maximum absolute atomic E-state index is 12.5. The molecule has 0 unspecified atom stereocenters. The Morgan fingerprint density at radius 2 is 1.86 bits per heavy atom. The third-order valence-corrected chi connectivity index (χ3v) is 5.27. The molecule has 0 bridgehead atoms. The third kappa shape index (κ3) is 4.06. The lowest BCUT2D eigenvalue weighted by molar-refractivity contribution is 0.102. The van der Waals surface area contributed by atoms with Gasteiger partial charge in [-0.15, -0.1) is 0 Å². The van der Waals surface area contributed by atoms with Crippen LogP contribution in [0, 0.1) is 6.92 Å². The number of carbonyl (C=O) groups excluding carboxylic acids is 1. The van der Waals surface area contributed by atoms with Crippen LogP contribution in [0.4, 0.5) is 5.69 Å². The Labute approximate surface area is 170 Å². The number of rotatable bonds is 5. The van der Waals surface area contributed by atoms with Crippen molar-refractivity contribution in [2.45, 2.75) is 33.1 Å². The first kappa shape index (κ1) is 18.9. The number of benzene rings is 3. The molecule has 29 heavy (non-hydrogen) atoms. The Hall–Kier alpha value is -3.40. The predicted molar refractivity (Wildman–Crippen MR) is 117 cm³/mol. The van der Waals surface area contributed by atoms with Gasteiger partial charge in [0.1, 0.15) is 5.52 Å². The van der Waals surface area contributed by atoms with E-state index in [1.54, 1.807) is 0 Å². The lowest BCUT2D eigenvalue weighted by Crippen LogP contribution is -2.11. The van der Waals surface area contributed by atoms with Gasteiger partial charge in [-0.25, -0.2) is 4.98 Å². The van der Waals surface area contributed by atoms with Gasteiger partial charge in [-0.1, -0.05) is 43.7 Å². The zero-order valence-corrected chi connectivity index (χ0v) is 16.9. The van der Waals surface area contributed by atoms with Gasteiger partial charge in [0.25, 0.3) is 5.91 Å². The number of oxazole rings is 1. The number of aromatic nitrogens is 1. The molecule has 0 saturated heterocycles. The van der Waals surface area contributed by atoms with Crippen molar-refractivity contribution in [1.82, 2.24) is 4.98 Å². The van der Waals surface area contributed by atoms with Gasteiger partial charge in [0.15, 0.2) is 5.58 Å². The molecule has 1 heterocycles. The minimum Gasteiger partial charge on any atom is -0.436 e. The standard InChI is InChI=1S/C25H24N2O2/c1-4-17(3)19-12-13-23-22(15-19)27-25(29-23)20-6-5-7-21(14-20)26-24(28)18-10-8-16(2)9-11-18/h5-15,17H,4H2,1-3H3,(H,26,28)/t17-/m1/s1. The number of fused-ring (bicyclic) bond motifs is 1. The SMILES string of the molecule is CC[C@@H](C)c1ccc2oc(-c3cccc(NC(=O)c4ccc(C)cc4)c3)nc2c1. The maximum Gasteiger partial charge on any atom is 0.255 e. The lowest BCUT2D eigenvalue weighted by atomic mass is 9.98. The quantitative estimate of drug-likeness (QED) is 0.423. The zero-order valence-electron chi connectivity index (χ0n) is 16.9. The summed E-state index contributed by atoms with van der Waals surface area (Å²) in [6, 6.07) is 21.2. The normalized spacial score (nSPS) is 12.1. The summed E-state index contributed by atoms with van der Waals surface area (Å²) in [4.78, 5) is 17.2. The van der Waals surface area contributed by atoms with Crippen LogP contribution >= 0.6 is 0 Å². The summed E-state index contributed by atoms with van der Waals surface area (Å²) in [7, 11) is 0. The van der Waals surface area contributed by atoms with Crippen LogP contribution in [-0.2, 0) is 0 Å². The molecule has 1 N–H and O–H groups in total. The van der Waals surface area contributed by atoms with Crippen LogP contribution in [0.5, 0.6) is 0 Å². The molecule has 146 valence electrons. The summed E-state index contributed by atoms with van der Waals surface area (Å²) in [5.41, 5.74) is 6.16. The van der Waals surface area contributed by atoms with Gasteiger partial charge in [-0.05, 0) is 67.3 Å². The minimum atomic E-state index is -0.141. The highest BCUT2D eigenvalue weighted by Gasteiger charge is 2.12. The molecule has 3 aromatic carbocycles. The highest BCUT2D eigenvalue weighted by atomic mass is 16.3. The van der Waals surface area contributed by atoms with Crippen molar-refractivity contribution in [3.05, 3.63) is 83.4 Å². The van der Waals surface area contributed by atoms with E-state index in [0.29, 0.717) is 23.1 Å². The van der Waals surface area contributed by atoms with Crippen molar-refractivity contribution in [3.63, 3.8) is 0 Å². The molecule has 0 radical (unpaired) electrons. The molecular formula is C25H24N2O2. The van der Waals surface area contributed by atoms with Crippen molar-refractivity contribution in [2.75, 3.05) is 5.32 Å². The Balaban J connectivity index is 1.59. The van der Waals surface area contributed by atoms with Crippen molar-refractivity contribution in [1.29, 1.82) is 0 Å². The van der Waals surface area contributed by atoms with E-state index in [9.17, 15) is 4.79 Å². The zero-order chi connectivity index (χ0) is 20.4. The molecule has 0 spiro atoms. The van der Waals surface area contributed by atoms with Crippen LogP contribution in [0.3, 0.4) is 0 Å². The van der Waals surface area contributed by atoms with Gasteiger partial charge < -0.3 is 9.73 Å². The summed E-state index contributed by atoms with van der Waals surface area (Å²) in [6.45, 7) is 6.39. The van der Waals surface area contributed by atoms with E-state index in [-0.39, 0.29) is 5.91 Å². The van der Waals surface area contributed by atoms with Crippen molar-refractivity contribution >= 4 is 22.7 Å². The van der Waals surface area contributed by atoms with Gasteiger partial charge in [-0.3, -0.25) is 4.79 Å². The van der Waals surface area contributed by atoms with Crippen LogP contribution in [0.1, 0.15) is 47.7 Å². The van der Waals surface area contributed by atoms with Crippen molar-refractivity contribution < 1.29 is 9.21 Å². The first-order valence-electron chi connectivity index (χ1n) is 9.92. The Kier molecular flexibility index (Phi) is 5.17. The second-order valence-electron chi connectivity index (χ2n) is 7.46. The van der Waals surface area contributed by atoms with E-state index < -0.39 is 0 Å². The largest absolute Gasteiger partial charge is 0.436 e. The van der Waals surface area contributed by atoms with E-state index in [4.69, 9.17) is 4.42 Å². The molecule has 0 aliphatic rings. The van der Waals surface area contributed by atoms with E-state index in [0.717, 1.165) is 28.6 Å². The first-order chi connectivity index (χ1) is 14.0.